The fourth-order valence-corrected chi connectivity index (χ4v) is 5.05. The number of amides is 1. The van der Waals surface area contributed by atoms with Crippen LogP contribution in [0.5, 0.6) is 5.75 Å². The summed E-state index contributed by atoms with van der Waals surface area (Å²) in [6.45, 7) is 0.387. The van der Waals surface area contributed by atoms with E-state index in [4.69, 9.17) is 16.3 Å². The van der Waals surface area contributed by atoms with Gasteiger partial charge in [0.25, 0.3) is 0 Å². The van der Waals surface area contributed by atoms with E-state index in [9.17, 15) is 17.6 Å². The number of hydrogen-bond donors (Lipinski definition) is 1. The number of piperidine rings is 1. The van der Waals surface area contributed by atoms with Crippen LogP contribution in [0.15, 0.2) is 47.4 Å². The summed E-state index contributed by atoms with van der Waals surface area (Å²) in [5.74, 6) is -0.816. The smallest absolute Gasteiger partial charge is 0.246 e. The van der Waals surface area contributed by atoms with Crippen molar-refractivity contribution in [1.29, 1.82) is 0 Å². The van der Waals surface area contributed by atoms with Crippen LogP contribution in [0.3, 0.4) is 0 Å². The summed E-state index contributed by atoms with van der Waals surface area (Å²) in [7, 11) is -2.40. The maximum absolute atomic E-state index is 13.2. The molecule has 1 N–H and O–H groups in total. The van der Waals surface area contributed by atoms with Gasteiger partial charge in [-0.2, -0.15) is 4.31 Å². The van der Waals surface area contributed by atoms with Gasteiger partial charge in [0.05, 0.1) is 7.11 Å². The van der Waals surface area contributed by atoms with E-state index in [2.05, 4.69) is 5.32 Å². The molecule has 0 radical (unpaired) electrons. The van der Waals surface area contributed by atoms with E-state index in [-0.39, 0.29) is 35.6 Å². The highest BCUT2D eigenvalue weighted by molar-refractivity contribution is 7.89. The molecule has 9 heteroatoms. The van der Waals surface area contributed by atoms with Crippen molar-refractivity contribution >= 4 is 33.2 Å². The summed E-state index contributed by atoms with van der Waals surface area (Å²) in [4.78, 5) is 12.4. The van der Waals surface area contributed by atoms with E-state index in [1.807, 2.05) is 0 Å². The Balaban J connectivity index is 1.68. The average Bonchev–Trinajstić information content (AvgIpc) is 2.68. The second kappa shape index (κ2) is 8.46. The molecule has 2 aromatic carbocycles. The molecule has 1 fully saturated rings. The summed E-state index contributed by atoms with van der Waals surface area (Å²) >= 11 is 5.95. The van der Waals surface area contributed by atoms with Crippen LogP contribution in [0, 0.1) is 11.7 Å². The standard InChI is InChI=1S/C19H20ClFN2O4S/c1-27-17-6-5-14(20)11-18(17)28(25,26)23-9-7-13(8-10-23)19(24)22-16-4-2-3-15(21)12-16/h2-6,11-13H,7-10H2,1H3,(H,22,24). The highest BCUT2D eigenvalue weighted by Crippen LogP contribution is 2.32. The van der Waals surface area contributed by atoms with E-state index in [1.54, 1.807) is 12.1 Å². The van der Waals surface area contributed by atoms with Gasteiger partial charge < -0.3 is 10.1 Å². The predicted octanol–water partition coefficient (Wildman–Crippen LogP) is 3.53. The fourth-order valence-electron chi connectivity index (χ4n) is 3.16. The molecule has 1 saturated heterocycles. The Labute approximate surface area is 168 Å². The zero-order valence-electron chi connectivity index (χ0n) is 15.2. The van der Waals surface area contributed by atoms with Gasteiger partial charge in [0.2, 0.25) is 15.9 Å². The van der Waals surface area contributed by atoms with Gasteiger partial charge in [-0.1, -0.05) is 17.7 Å². The minimum absolute atomic E-state index is 0.00478. The van der Waals surface area contributed by atoms with Crippen LogP contribution >= 0.6 is 11.6 Å². The molecular weight excluding hydrogens is 407 g/mol. The lowest BCUT2D eigenvalue weighted by Gasteiger charge is -2.31. The lowest BCUT2D eigenvalue weighted by Crippen LogP contribution is -2.41. The number of carbonyl (C=O) groups is 1. The van der Waals surface area contributed by atoms with Crippen LogP contribution in [-0.2, 0) is 14.8 Å². The number of benzene rings is 2. The van der Waals surface area contributed by atoms with Crippen molar-refractivity contribution in [3.05, 3.63) is 53.3 Å². The maximum Gasteiger partial charge on any atom is 0.246 e. The second-order valence-electron chi connectivity index (χ2n) is 6.47. The number of ether oxygens (including phenoxy) is 1. The number of anilines is 1. The van der Waals surface area contributed by atoms with Crippen LogP contribution in [0.2, 0.25) is 5.02 Å². The van der Waals surface area contributed by atoms with Gasteiger partial charge in [0.15, 0.2) is 0 Å². The Hall–Kier alpha value is -2.16. The van der Waals surface area contributed by atoms with Crippen LogP contribution in [-0.4, -0.2) is 38.8 Å². The summed E-state index contributed by atoms with van der Waals surface area (Å²) in [6, 6.07) is 10.1. The minimum Gasteiger partial charge on any atom is -0.495 e. The number of hydrogen-bond acceptors (Lipinski definition) is 4. The Kier molecular flexibility index (Phi) is 6.22. The lowest BCUT2D eigenvalue weighted by atomic mass is 9.97. The van der Waals surface area contributed by atoms with Gasteiger partial charge in [0.1, 0.15) is 16.5 Å². The first kappa shape index (κ1) is 20.6. The van der Waals surface area contributed by atoms with E-state index in [1.165, 1.54) is 41.7 Å². The van der Waals surface area contributed by atoms with Gasteiger partial charge in [0, 0.05) is 29.7 Å². The second-order valence-corrected chi connectivity index (χ2v) is 8.82. The van der Waals surface area contributed by atoms with Crippen molar-refractivity contribution in [3.63, 3.8) is 0 Å². The van der Waals surface area contributed by atoms with Gasteiger partial charge >= 0.3 is 0 Å². The lowest BCUT2D eigenvalue weighted by molar-refractivity contribution is -0.120. The van der Waals surface area contributed by atoms with Crippen molar-refractivity contribution in [1.82, 2.24) is 4.31 Å². The molecule has 0 aliphatic carbocycles. The van der Waals surface area contributed by atoms with E-state index < -0.39 is 15.8 Å². The number of methoxy groups -OCH3 is 1. The normalized spacial score (nSPS) is 16.0. The molecule has 28 heavy (non-hydrogen) atoms. The average molecular weight is 427 g/mol. The van der Waals surface area contributed by atoms with Crippen LogP contribution < -0.4 is 10.1 Å². The molecule has 0 spiro atoms. The Morgan fingerprint density at radius 2 is 1.93 bits per heavy atom. The zero-order chi connectivity index (χ0) is 20.3. The Morgan fingerprint density at radius 3 is 2.57 bits per heavy atom. The van der Waals surface area contributed by atoms with Crippen molar-refractivity contribution in [3.8, 4) is 5.75 Å². The summed E-state index contributed by atoms with van der Waals surface area (Å²) in [6.07, 6.45) is 0.729. The monoisotopic (exact) mass is 426 g/mol. The van der Waals surface area contributed by atoms with E-state index in [0.29, 0.717) is 23.6 Å². The van der Waals surface area contributed by atoms with Crippen molar-refractivity contribution in [2.45, 2.75) is 17.7 Å². The molecule has 0 aromatic heterocycles. The number of nitrogens with one attached hydrogen (secondary N) is 1. The van der Waals surface area contributed by atoms with Gasteiger partial charge in [-0.05, 0) is 49.2 Å². The number of carbonyl (C=O) groups excluding carboxylic acids is 1. The summed E-state index contributed by atoms with van der Waals surface area (Å²) in [5, 5.41) is 2.97. The van der Waals surface area contributed by atoms with Crippen molar-refractivity contribution in [2.75, 3.05) is 25.5 Å². The molecule has 1 heterocycles. The topological polar surface area (TPSA) is 75.7 Å². The molecule has 1 aliphatic heterocycles. The van der Waals surface area contributed by atoms with Crippen molar-refractivity contribution < 1.29 is 22.3 Å². The molecule has 6 nitrogen and oxygen atoms in total. The molecule has 3 rings (SSSR count). The Bertz CT molecular complexity index is 976. The molecule has 0 saturated carbocycles. The molecule has 0 atom stereocenters. The van der Waals surface area contributed by atoms with Gasteiger partial charge in [-0.3, -0.25) is 4.79 Å². The first-order valence-electron chi connectivity index (χ1n) is 8.71. The van der Waals surface area contributed by atoms with E-state index in [0.717, 1.165) is 0 Å². The van der Waals surface area contributed by atoms with Gasteiger partial charge in [-0.25, -0.2) is 12.8 Å². The predicted molar refractivity (Wildman–Crippen MR) is 105 cm³/mol. The highest BCUT2D eigenvalue weighted by Gasteiger charge is 2.33. The fraction of sp³-hybridized carbons (Fsp3) is 0.316. The SMILES string of the molecule is COc1ccc(Cl)cc1S(=O)(=O)N1CCC(C(=O)Nc2cccc(F)c2)CC1. The largest absolute Gasteiger partial charge is 0.495 e. The molecule has 1 amide bonds. The molecule has 1 aliphatic rings. The third-order valence-corrected chi connectivity index (χ3v) is 6.82. The summed E-state index contributed by atoms with van der Waals surface area (Å²) < 4.78 is 45.7. The molecule has 150 valence electrons. The third kappa shape index (κ3) is 4.45. The Morgan fingerprint density at radius 1 is 1.21 bits per heavy atom. The van der Waals surface area contributed by atoms with Crippen molar-refractivity contribution in [2.24, 2.45) is 5.92 Å². The van der Waals surface area contributed by atoms with Crippen LogP contribution in [0.25, 0.3) is 0 Å². The highest BCUT2D eigenvalue weighted by atomic mass is 35.5. The molecule has 0 unspecified atom stereocenters. The maximum atomic E-state index is 13.2. The van der Waals surface area contributed by atoms with Gasteiger partial charge in [-0.15, -0.1) is 0 Å². The molecular formula is C19H20ClFN2O4S. The number of rotatable bonds is 5. The first-order valence-corrected chi connectivity index (χ1v) is 10.5. The van der Waals surface area contributed by atoms with E-state index >= 15 is 0 Å². The number of nitrogens with zero attached hydrogens (tertiary/aromatic N) is 1. The number of sulfonamides is 1. The molecule has 0 bridgehead atoms. The third-order valence-electron chi connectivity index (χ3n) is 4.66. The zero-order valence-corrected chi connectivity index (χ0v) is 16.8. The quantitative estimate of drug-likeness (QED) is 0.793. The van der Waals surface area contributed by atoms with Crippen LogP contribution in [0.4, 0.5) is 10.1 Å². The number of halogens is 2. The first-order chi connectivity index (χ1) is 13.3. The van der Waals surface area contributed by atoms with Crippen LogP contribution in [0.1, 0.15) is 12.8 Å². The minimum atomic E-state index is -3.80. The molecule has 2 aromatic rings. The summed E-state index contributed by atoms with van der Waals surface area (Å²) in [5.41, 5.74) is 0.378.